The molecule has 4 heteroatoms. The van der Waals surface area contributed by atoms with Crippen LogP contribution >= 0.6 is 15.9 Å². The first-order valence-electron chi connectivity index (χ1n) is 7.75. The van der Waals surface area contributed by atoms with Crippen molar-refractivity contribution >= 4 is 22.1 Å². The van der Waals surface area contributed by atoms with Crippen molar-refractivity contribution in [1.29, 1.82) is 0 Å². The normalized spacial score (nSPS) is 42.0. The highest BCUT2D eigenvalue weighted by atomic mass is 79.9. The van der Waals surface area contributed by atoms with Crippen LogP contribution in [0.2, 0.25) is 0 Å². The molecule has 1 aliphatic heterocycles. The van der Waals surface area contributed by atoms with Crippen molar-refractivity contribution in [3.05, 3.63) is 0 Å². The van der Waals surface area contributed by atoms with Gasteiger partial charge in [0.1, 0.15) is 12.2 Å². The Morgan fingerprint density at radius 2 is 1.90 bits per heavy atom. The average Bonchev–Trinajstić information content (AvgIpc) is 2.37. The lowest BCUT2D eigenvalue weighted by Gasteiger charge is -2.44. The van der Waals surface area contributed by atoms with Crippen LogP contribution in [0.15, 0.2) is 0 Å². The number of carbonyl (C=O) groups is 1. The minimum Gasteiger partial charge on any atom is -0.434 e. The number of fused-ring (bicyclic) bond motifs is 1. The van der Waals surface area contributed by atoms with Gasteiger partial charge in [-0.25, -0.2) is 4.79 Å². The van der Waals surface area contributed by atoms with E-state index < -0.39 is 6.16 Å². The molecule has 4 atom stereocenters. The Bertz CT molecular complexity index is 369. The second-order valence-corrected chi connectivity index (χ2v) is 8.44. The Labute approximate surface area is 130 Å². The molecule has 0 N–H and O–H groups in total. The van der Waals surface area contributed by atoms with Crippen molar-refractivity contribution in [2.75, 3.05) is 6.61 Å². The third-order valence-corrected chi connectivity index (χ3v) is 7.38. The van der Waals surface area contributed by atoms with Gasteiger partial charge >= 0.3 is 6.16 Å². The molecular weight excluding hydrogens is 320 g/mol. The van der Waals surface area contributed by atoms with Gasteiger partial charge in [-0.2, -0.15) is 0 Å². The van der Waals surface area contributed by atoms with E-state index in [4.69, 9.17) is 9.47 Å². The maximum absolute atomic E-state index is 11.5. The predicted molar refractivity (Wildman–Crippen MR) is 83.1 cm³/mol. The molecule has 1 saturated heterocycles. The van der Waals surface area contributed by atoms with Crippen molar-refractivity contribution in [3.8, 4) is 0 Å². The van der Waals surface area contributed by atoms with Gasteiger partial charge in [-0.05, 0) is 43.9 Å². The molecule has 2 aliphatic rings. The molecule has 3 nitrogen and oxygen atoms in total. The van der Waals surface area contributed by atoms with Crippen LogP contribution < -0.4 is 0 Å². The third kappa shape index (κ3) is 3.15. The van der Waals surface area contributed by atoms with Crippen LogP contribution in [0, 0.1) is 17.3 Å². The monoisotopic (exact) mass is 346 g/mol. The minimum absolute atomic E-state index is 0.262. The fraction of sp³-hybridized carbons (Fsp3) is 0.938. The van der Waals surface area contributed by atoms with E-state index in [1.165, 1.54) is 0 Å². The summed E-state index contributed by atoms with van der Waals surface area (Å²) in [6.45, 7) is 9.60. The predicted octanol–water partition coefficient (Wildman–Crippen LogP) is 4.92. The Kier molecular flexibility index (Phi) is 4.73. The number of carbonyl (C=O) groups excluding carboxylic acids is 1. The van der Waals surface area contributed by atoms with Crippen molar-refractivity contribution in [1.82, 2.24) is 0 Å². The maximum Gasteiger partial charge on any atom is 0.508 e. The Hall–Kier alpha value is -0.250. The van der Waals surface area contributed by atoms with E-state index in [2.05, 4.69) is 43.6 Å². The van der Waals surface area contributed by atoms with E-state index in [0.717, 1.165) is 32.1 Å². The summed E-state index contributed by atoms with van der Waals surface area (Å²) in [5.41, 5.74) is -0.0861. The molecule has 0 bridgehead atoms. The lowest BCUT2D eigenvalue weighted by molar-refractivity contribution is -0.125. The van der Waals surface area contributed by atoms with E-state index in [1.54, 1.807) is 0 Å². The lowest BCUT2D eigenvalue weighted by atomic mass is 9.69. The largest absolute Gasteiger partial charge is 0.508 e. The van der Waals surface area contributed by atoms with Gasteiger partial charge < -0.3 is 9.47 Å². The van der Waals surface area contributed by atoms with E-state index in [9.17, 15) is 4.79 Å². The molecule has 0 radical (unpaired) electrons. The number of hydrogen-bond acceptors (Lipinski definition) is 3. The molecule has 116 valence electrons. The van der Waals surface area contributed by atoms with E-state index >= 15 is 0 Å². The van der Waals surface area contributed by atoms with Crippen molar-refractivity contribution in [2.45, 2.75) is 70.2 Å². The summed E-state index contributed by atoms with van der Waals surface area (Å²) in [7, 11) is 0. The van der Waals surface area contributed by atoms with E-state index in [1.807, 2.05) is 0 Å². The molecule has 1 heterocycles. The molecule has 1 aliphatic carbocycles. The van der Waals surface area contributed by atoms with Crippen LogP contribution in [0.25, 0.3) is 0 Å². The van der Waals surface area contributed by atoms with Gasteiger partial charge in [0.2, 0.25) is 0 Å². The first-order chi connectivity index (χ1) is 9.25. The zero-order chi connectivity index (χ0) is 15.0. The van der Waals surface area contributed by atoms with Gasteiger partial charge in [-0.15, -0.1) is 0 Å². The summed E-state index contributed by atoms with van der Waals surface area (Å²) in [6.07, 6.45) is 4.89. The van der Waals surface area contributed by atoms with Crippen LogP contribution in [0.3, 0.4) is 0 Å². The SMILES string of the molecule is CC1CCC2(C)OC(=O)OCC2CCCC(Br)C1(C)C. The summed E-state index contributed by atoms with van der Waals surface area (Å²) >= 11 is 3.89. The molecule has 1 saturated carbocycles. The zero-order valence-electron chi connectivity index (χ0n) is 13.1. The molecule has 2 rings (SSSR count). The van der Waals surface area contributed by atoms with Crippen molar-refractivity contribution in [3.63, 3.8) is 0 Å². The molecule has 2 fully saturated rings. The number of ether oxygens (including phenoxy) is 2. The summed E-state index contributed by atoms with van der Waals surface area (Å²) in [4.78, 5) is 12.0. The summed E-state index contributed by atoms with van der Waals surface area (Å²) in [5.74, 6) is 0.914. The molecule has 0 aromatic rings. The maximum atomic E-state index is 11.5. The van der Waals surface area contributed by atoms with Gasteiger partial charge in [-0.1, -0.05) is 43.1 Å². The van der Waals surface area contributed by atoms with Crippen LogP contribution in [0.1, 0.15) is 59.8 Å². The van der Waals surface area contributed by atoms with E-state index in [-0.39, 0.29) is 11.0 Å². The first-order valence-corrected chi connectivity index (χ1v) is 8.67. The molecule has 0 aromatic carbocycles. The number of alkyl halides is 1. The first kappa shape index (κ1) is 16.1. The van der Waals surface area contributed by atoms with Crippen LogP contribution in [-0.2, 0) is 9.47 Å². The second-order valence-electron chi connectivity index (χ2n) is 7.33. The standard InChI is InChI=1S/C16H27BrO3/c1-11-8-9-16(4)12(10-19-14(18)20-16)6-5-7-13(17)15(11,2)3/h11-13H,5-10H2,1-4H3. The Morgan fingerprint density at radius 1 is 1.20 bits per heavy atom. The average molecular weight is 347 g/mol. The van der Waals surface area contributed by atoms with Gasteiger partial charge in [0.15, 0.2) is 0 Å². The zero-order valence-corrected chi connectivity index (χ0v) is 14.7. The van der Waals surface area contributed by atoms with Crippen LogP contribution in [0.5, 0.6) is 0 Å². The van der Waals surface area contributed by atoms with Gasteiger partial charge in [0, 0.05) is 10.7 Å². The van der Waals surface area contributed by atoms with Crippen molar-refractivity contribution in [2.24, 2.45) is 17.3 Å². The molecule has 0 aromatic heterocycles. The Morgan fingerprint density at radius 3 is 2.60 bits per heavy atom. The summed E-state index contributed by atoms with van der Waals surface area (Å²) < 4.78 is 10.7. The molecule has 20 heavy (non-hydrogen) atoms. The van der Waals surface area contributed by atoms with Gasteiger partial charge in [0.25, 0.3) is 0 Å². The number of halogens is 1. The number of hydrogen-bond donors (Lipinski definition) is 0. The topological polar surface area (TPSA) is 35.5 Å². The quantitative estimate of drug-likeness (QED) is 0.461. The fourth-order valence-corrected chi connectivity index (χ4v) is 4.17. The highest BCUT2D eigenvalue weighted by molar-refractivity contribution is 9.09. The van der Waals surface area contributed by atoms with Crippen LogP contribution in [-0.4, -0.2) is 23.2 Å². The van der Waals surface area contributed by atoms with Gasteiger partial charge in [0.05, 0.1) is 0 Å². The van der Waals surface area contributed by atoms with Crippen LogP contribution in [0.4, 0.5) is 4.79 Å². The Balaban J connectivity index is 2.16. The highest BCUT2D eigenvalue weighted by Gasteiger charge is 2.45. The fourth-order valence-electron chi connectivity index (χ4n) is 3.39. The molecule has 0 spiro atoms. The third-order valence-electron chi connectivity index (χ3n) is 5.74. The van der Waals surface area contributed by atoms with E-state index in [0.29, 0.717) is 23.3 Å². The van der Waals surface area contributed by atoms with Gasteiger partial charge in [-0.3, -0.25) is 0 Å². The number of cyclic esters (lactones) is 1. The molecule has 4 unspecified atom stereocenters. The second kappa shape index (κ2) is 5.86. The highest BCUT2D eigenvalue weighted by Crippen LogP contribution is 2.45. The number of rotatable bonds is 0. The lowest BCUT2D eigenvalue weighted by Crippen LogP contribution is -2.48. The summed E-state index contributed by atoms with van der Waals surface area (Å²) in [5, 5.41) is 0. The van der Waals surface area contributed by atoms with Crippen molar-refractivity contribution < 1.29 is 14.3 Å². The minimum atomic E-state index is -0.494. The smallest absolute Gasteiger partial charge is 0.434 e. The molecule has 0 amide bonds. The summed E-state index contributed by atoms with van der Waals surface area (Å²) in [6, 6.07) is 0. The molecular formula is C16H27BrO3.